The van der Waals surface area contributed by atoms with Gasteiger partial charge in [0.2, 0.25) is 5.78 Å². The molecule has 0 aliphatic carbocycles. The van der Waals surface area contributed by atoms with Crippen molar-refractivity contribution < 1.29 is 4.79 Å². The first kappa shape index (κ1) is 20.0. The van der Waals surface area contributed by atoms with Crippen LogP contribution in [0.15, 0.2) is 97.3 Å². The number of hydrogen-bond donors (Lipinski definition) is 0. The van der Waals surface area contributed by atoms with Crippen LogP contribution in [0.4, 0.5) is 5.69 Å². The highest BCUT2D eigenvalue weighted by atomic mass is 35.5. The Hall–Kier alpha value is -3.96. The average Bonchev–Trinajstić information content (AvgIpc) is 3.23. The minimum absolute atomic E-state index is 0.189. The Morgan fingerprint density at radius 1 is 0.844 bits per heavy atom. The fourth-order valence-corrected chi connectivity index (χ4v) is 3.78. The third-order valence-corrected chi connectivity index (χ3v) is 5.61. The molecule has 6 heteroatoms. The van der Waals surface area contributed by atoms with Crippen molar-refractivity contribution in [3.05, 3.63) is 108 Å². The first-order chi connectivity index (χ1) is 15.6. The number of carbonyl (C=O) groups excluding carboxylic acids is 1. The molecule has 0 spiro atoms. The van der Waals surface area contributed by atoms with Crippen molar-refractivity contribution in [2.45, 2.75) is 0 Å². The lowest BCUT2D eigenvalue weighted by atomic mass is 10.1. The van der Waals surface area contributed by atoms with Gasteiger partial charge in [-0.25, -0.2) is 9.97 Å². The maximum Gasteiger partial charge on any atom is 0.277 e. The van der Waals surface area contributed by atoms with E-state index < -0.39 is 0 Å². The lowest BCUT2D eigenvalue weighted by molar-refractivity contribution is 0.0988. The maximum absolute atomic E-state index is 13.8. The van der Waals surface area contributed by atoms with Gasteiger partial charge in [-0.15, -0.1) is 0 Å². The first-order valence-electron chi connectivity index (χ1n) is 10.1. The summed E-state index contributed by atoms with van der Waals surface area (Å²) < 4.78 is 1.78. The number of nitrogens with zero attached hydrogens (tertiary/aromatic N) is 4. The number of imidazole rings is 1. The highest BCUT2D eigenvalue weighted by Gasteiger charge is 2.25. The van der Waals surface area contributed by atoms with Crippen LogP contribution in [0.5, 0.6) is 0 Å². The van der Waals surface area contributed by atoms with Crippen molar-refractivity contribution in [3.63, 3.8) is 0 Å². The molecule has 0 N–H and O–H groups in total. The quantitative estimate of drug-likeness (QED) is 0.346. The molecular weight excluding hydrogens is 420 g/mol. The van der Waals surface area contributed by atoms with Crippen LogP contribution in [0.25, 0.3) is 28.2 Å². The number of rotatable bonds is 4. The molecule has 0 fully saturated rings. The van der Waals surface area contributed by atoms with Crippen LogP contribution in [0, 0.1) is 0 Å². The molecule has 0 radical (unpaired) electrons. The van der Waals surface area contributed by atoms with E-state index in [1.165, 1.54) is 0 Å². The molecule has 0 bridgehead atoms. The van der Waals surface area contributed by atoms with Gasteiger partial charge < -0.3 is 4.90 Å². The van der Waals surface area contributed by atoms with Crippen LogP contribution < -0.4 is 4.90 Å². The van der Waals surface area contributed by atoms with Crippen LogP contribution in [0.1, 0.15) is 10.5 Å². The van der Waals surface area contributed by atoms with Crippen molar-refractivity contribution in [2.24, 2.45) is 0 Å². The Balaban J connectivity index is 1.70. The van der Waals surface area contributed by atoms with Gasteiger partial charge in [-0.1, -0.05) is 72.3 Å². The first-order valence-corrected chi connectivity index (χ1v) is 10.5. The smallest absolute Gasteiger partial charge is 0.277 e. The summed E-state index contributed by atoms with van der Waals surface area (Å²) in [7, 11) is 1.74. The molecule has 5 nitrogen and oxygen atoms in total. The third-order valence-electron chi connectivity index (χ3n) is 5.36. The molecule has 2 aromatic heterocycles. The molecule has 32 heavy (non-hydrogen) atoms. The molecule has 5 rings (SSSR count). The van der Waals surface area contributed by atoms with E-state index in [1.807, 2.05) is 79.0 Å². The fourth-order valence-electron chi connectivity index (χ4n) is 3.66. The molecule has 3 aromatic carbocycles. The monoisotopic (exact) mass is 438 g/mol. The van der Waals surface area contributed by atoms with E-state index in [4.69, 9.17) is 16.6 Å². The molecule has 0 saturated carbocycles. The minimum atomic E-state index is -0.189. The van der Waals surface area contributed by atoms with E-state index in [9.17, 15) is 4.79 Å². The predicted molar refractivity (Wildman–Crippen MR) is 128 cm³/mol. The SMILES string of the molecule is CN(C(=O)c1c(-c2ccccc2)nc2ncc(-c3ccccc3)cn12)c1ccc(Cl)cc1. The van der Waals surface area contributed by atoms with E-state index >= 15 is 0 Å². The van der Waals surface area contributed by atoms with Crippen molar-refractivity contribution >= 4 is 29.0 Å². The number of amides is 1. The van der Waals surface area contributed by atoms with Crippen LogP contribution in [0.3, 0.4) is 0 Å². The summed E-state index contributed by atoms with van der Waals surface area (Å²) >= 11 is 6.03. The zero-order chi connectivity index (χ0) is 22.1. The zero-order valence-electron chi connectivity index (χ0n) is 17.3. The molecule has 0 aliphatic rings. The molecule has 0 atom stereocenters. The molecule has 2 heterocycles. The Morgan fingerprint density at radius 3 is 2.12 bits per heavy atom. The standard InChI is InChI=1S/C26H19ClN4O/c1-30(22-14-12-21(27)13-15-22)25(32)24-23(19-10-6-3-7-11-19)29-26-28-16-20(17-31(24)26)18-8-4-2-5-9-18/h2-17H,1H3. The summed E-state index contributed by atoms with van der Waals surface area (Å²) in [4.78, 5) is 24.6. The predicted octanol–water partition coefficient (Wildman–Crippen LogP) is 5.99. The highest BCUT2D eigenvalue weighted by molar-refractivity contribution is 6.30. The number of aromatic nitrogens is 3. The summed E-state index contributed by atoms with van der Waals surface area (Å²) in [5, 5.41) is 0.617. The summed E-state index contributed by atoms with van der Waals surface area (Å²) in [5.41, 5.74) is 4.55. The van der Waals surface area contributed by atoms with E-state index in [0.29, 0.717) is 22.2 Å². The molecule has 0 saturated heterocycles. The summed E-state index contributed by atoms with van der Waals surface area (Å²) in [6.07, 6.45) is 3.70. The minimum Gasteiger partial charge on any atom is -0.310 e. The second kappa shape index (κ2) is 8.29. The van der Waals surface area contributed by atoms with Gasteiger partial charge in [-0.2, -0.15) is 0 Å². The Bertz CT molecular complexity index is 1400. The van der Waals surface area contributed by atoms with Crippen LogP contribution in [-0.4, -0.2) is 27.3 Å². The molecular formula is C26H19ClN4O. The number of fused-ring (bicyclic) bond motifs is 1. The van der Waals surface area contributed by atoms with Gasteiger partial charge in [0.1, 0.15) is 11.4 Å². The van der Waals surface area contributed by atoms with Gasteiger partial charge in [-0.3, -0.25) is 9.20 Å². The van der Waals surface area contributed by atoms with Gasteiger partial charge in [0.25, 0.3) is 5.91 Å². The van der Waals surface area contributed by atoms with E-state index in [0.717, 1.165) is 22.4 Å². The normalized spacial score (nSPS) is 10.9. The van der Waals surface area contributed by atoms with Crippen LogP contribution in [0.2, 0.25) is 5.02 Å². The summed E-state index contributed by atoms with van der Waals surface area (Å²) in [6.45, 7) is 0. The average molecular weight is 439 g/mol. The highest BCUT2D eigenvalue weighted by Crippen LogP contribution is 2.28. The van der Waals surface area contributed by atoms with Gasteiger partial charge in [0.05, 0.1) is 0 Å². The number of carbonyl (C=O) groups is 1. The Morgan fingerprint density at radius 2 is 1.47 bits per heavy atom. The fraction of sp³-hybridized carbons (Fsp3) is 0.0385. The third kappa shape index (κ3) is 3.63. The summed E-state index contributed by atoms with van der Waals surface area (Å²) in [6, 6.07) is 26.8. The van der Waals surface area contributed by atoms with Crippen molar-refractivity contribution in [1.82, 2.24) is 14.4 Å². The molecule has 156 valence electrons. The van der Waals surface area contributed by atoms with Gasteiger partial charge in [0.15, 0.2) is 0 Å². The summed E-state index contributed by atoms with van der Waals surface area (Å²) in [5.74, 6) is 0.280. The van der Waals surface area contributed by atoms with Crippen LogP contribution in [-0.2, 0) is 0 Å². The number of hydrogen-bond acceptors (Lipinski definition) is 3. The van der Waals surface area contributed by atoms with Crippen molar-refractivity contribution in [1.29, 1.82) is 0 Å². The number of halogens is 1. The van der Waals surface area contributed by atoms with Crippen LogP contribution >= 0.6 is 11.6 Å². The van der Waals surface area contributed by atoms with Crippen molar-refractivity contribution in [2.75, 3.05) is 11.9 Å². The van der Waals surface area contributed by atoms with E-state index in [2.05, 4.69) is 4.98 Å². The Kier molecular flexibility index (Phi) is 5.17. The van der Waals surface area contributed by atoms with E-state index in [-0.39, 0.29) is 5.91 Å². The molecule has 1 amide bonds. The zero-order valence-corrected chi connectivity index (χ0v) is 18.1. The second-order valence-electron chi connectivity index (χ2n) is 7.39. The second-order valence-corrected chi connectivity index (χ2v) is 7.83. The largest absolute Gasteiger partial charge is 0.310 e. The Labute approximate surface area is 190 Å². The van der Waals surface area contributed by atoms with Gasteiger partial charge >= 0.3 is 0 Å². The lowest BCUT2D eigenvalue weighted by Crippen LogP contribution is -2.28. The van der Waals surface area contributed by atoms with E-state index in [1.54, 1.807) is 34.7 Å². The number of anilines is 1. The molecule has 5 aromatic rings. The number of benzene rings is 3. The van der Waals surface area contributed by atoms with Gasteiger partial charge in [-0.05, 0) is 29.8 Å². The lowest BCUT2D eigenvalue weighted by Gasteiger charge is -2.18. The maximum atomic E-state index is 13.8. The van der Waals surface area contributed by atoms with Gasteiger partial charge in [0, 0.05) is 41.3 Å². The van der Waals surface area contributed by atoms with Crippen molar-refractivity contribution in [3.8, 4) is 22.4 Å². The molecule has 0 aliphatic heterocycles. The molecule has 0 unspecified atom stereocenters. The topological polar surface area (TPSA) is 50.5 Å².